The Labute approximate surface area is 155 Å². The minimum Gasteiger partial charge on any atom is -0.369 e. The van der Waals surface area contributed by atoms with E-state index in [0.29, 0.717) is 26.5 Å². The van der Waals surface area contributed by atoms with Gasteiger partial charge in [0.15, 0.2) is 0 Å². The summed E-state index contributed by atoms with van der Waals surface area (Å²) in [5.41, 5.74) is 1.62. The average Bonchev–Trinajstić information content (AvgIpc) is 2.36. The van der Waals surface area contributed by atoms with Crippen LogP contribution in [0.1, 0.15) is 5.56 Å². The molecule has 1 heterocycles. The number of nitrogens with zero attached hydrogens (tertiary/aromatic N) is 1. The van der Waals surface area contributed by atoms with Gasteiger partial charge in [0.25, 0.3) is 6.43 Å². The molecular formula is C14H10BrClF2NY-. The molecule has 0 fully saturated rings. The molecule has 1 radical (unpaired) electrons. The summed E-state index contributed by atoms with van der Waals surface area (Å²) in [7, 11) is 0. The first kappa shape index (κ1) is 18.0. The van der Waals surface area contributed by atoms with Gasteiger partial charge in [-0.1, -0.05) is 52.1 Å². The standard InChI is InChI=1S/C14H10BrClF2N.Y/c1-9-11(15)6-7-13(19(9)8-14(17)18)10-4-2-3-5-12(10)16;/h2-6,14H,1,8H2;/q-1;. The fourth-order valence-electron chi connectivity index (χ4n) is 1.77. The monoisotopic (exact) mass is 433 g/mol. The fourth-order valence-corrected chi connectivity index (χ4v) is 2.33. The summed E-state index contributed by atoms with van der Waals surface area (Å²) in [5, 5.41) is 0.489. The molecule has 0 amide bonds. The van der Waals surface area contributed by atoms with E-state index in [4.69, 9.17) is 11.6 Å². The smallest absolute Gasteiger partial charge is 0.256 e. The molecule has 0 aromatic heterocycles. The number of benzene rings is 1. The van der Waals surface area contributed by atoms with Crippen molar-refractivity contribution in [3.8, 4) is 0 Å². The van der Waals surface area contributed by atoms with Gasteiger partial charge in [0.2, 0.25) is 0 Å². The van der Waals surface area contributed by atoms with Crippen molar-refractivity contribution in [2.45, 2.75) is 6.43 Å². The van der Waals surface area contributed by atoms with Crippen LogP contribution in [0, 0.1) is 6.08 Å². The maximum Gasteiger partial charge on any atom is 0.256 e. The first-order valence-electron chi connectivity index (χ1n) is 5.49. The zero-order valence-electron chi connectivity index (χ0n) is 10.4. The van der Waals surface area contributed by atoms with Gasteiger partial charge in [-0.25, -0.2) is 8.78 Å². The van der Waals surface area contributed by atoms with Crippen LogP contribution < -0.4 is 0 Å². The van der Waals surface area contributed by atoms with E-state index in [0.717, 1.165) is 0 Å². The van der Waals surface area contributed by atoms with E-state index in [2.05, 4.69) is 28.6 Å². The number of hydrogen-bond donors (Lipinski definition) is 0. The van der Waals surface area contributed by atoms with Gasteiger partial charge in [0.05, 0.1) is 6.54 Å². The minimum atomic E-state index is -2.48. The van der Waals surface area contributed by atoms with Crippen molar-refractivity contribution >= 4 is 33.2 Å². The molecule has 1 nitrogen and oxygen atoms in total. The number of halogens is 4. The molecule has 0 aliphatic carbocycles. The Kier molecular flexibility index (Phi) is 7.06. The van der Waals surface area contributed by atoms with E-state index < -0.39 is 13.0 Å². The van der Waals surface area contributed by atoms with Gasteiger partial charge < -0.3 is 4.90 Å². The van der Waals surface area contributed by atoms with Crippen molar-refractivity contribution in [2.24, 2.45) is 0 Å². The zero-order valence-corrected chi connectivity index (χ0v) is 15.6. The van der Waals surface area contributed by atoms with Crippen molar-refractivity contribution in [1.82, 2.24) is 4.90 Å². The molecule has 6 heteroatoms. The van der Waals surface area contributed by atoms with Crippen LogP contribution in [0.5, 0.6) is 0 Å². The third kappa shape index (κ3) is 4.00. The van der Waals surface area contributed by atoms with Gasteiger partial charge in [0, 0.05) is 32.7 Å². The zero-order chi connectivity index (χ0) is 14.0. The third-order valence-corrected chi connectivity index (χ3v) is 3.67. The number of rotatable bonds is 3. The van der Waals surface area contributed by atoms with Crippen LogP contribution in [-0.4, -0.2) is 17.9 Å². The molecule has 0 unspecified atom stereocenters. The van der Waals surface area contributed by atoms with Gasteiger partial charge >= 0.3 is 0 Å². The summed E-state index contributed by atoms with van der Waals surface area (Å²) < 4.78 is 26.1. The second-order valence-corrected chi connectivity index (χ2v) is 5.17. The topological polar surface area (TPSA) is 3.24 Å². The van der Waals surface area contributed by atoms with Crippen LogP contribution in [0.25, 0.3) is 5.70 Å². The van der Waals surface area contributed by atoms with E-state index in [1.165, 1.54) is 4.90 Å². The molecule has 0 bridgehead atoms. The number of alkyl halides is 2. The van der Waals surface area contributed by atoms with Gasteiger partial charge in [-0.3, -0.25) is 0 Å². The van der Waals surface area contributed by atoms with Crippen molar-refractivity contribution in [3.63, 3.8) is 0 Å². The summed E-state index contributed by atoms with van der Waals surface area (Å²) in [6, 6.07) is 7.06. The average molecular weight is 435 g/mol. The van der Waals surface area contributed by atoms with Crippen molar-refractivity contribution in [2.75, 3.05) is 6.54 Å². The van der Waals surface area contributed by atoms with Gasteiger partial charge in [-0.05, 0) is 10.7 Å². The Morgan fingerprint density at radius 2 is 2.00 bits per heavy atom. The van der Waals surface area contributed by atoms with E-state index >= 15 is 0 Å². The molecule has 2 rings (SSSR count). The molecule has 0 spiro atoms. The van der Waals surface area contributed by atoms with Crippen LogP contribution >= 0.6 is 27.5 Å². The van der Waals surface area contributed by atoms with Crippen LogP contribution in [-0.2, 0) is 32.7 Å². The normalized spacial score (nSPS) is 14.8. The van der Waals surface area contributed by atoms with Crippen LogP contribution in [0.3, 0.4) is 0 Å². The first-order valence-corrected chi connectivity index (χ1v) is 6.67. The maximum atomic E-state index is 12.7. The summed E-state index contributed by atoms with van der Waals surface area (Å²) in [5.74, 6) is 0. The van der Waals surface area contributed by atoms with Crippen molar-refractivity contribution in [1.29, 1.82) is 0 Å². The van der Waals surface area contributed by atoms with Crippen molar-refractivity contribution in [3.05, 3.63) is 63.8 Å². The third-order valence-electron chi connectivity index (χ3n) is 2.66. The molecule has 0 saturated heterocycles. The Morgan fingerprint density at radius 1 is 1.35 bits per heavy atom. The fraction of sp³-hybridized carbons (Fsp3) is 0.143. The summed E-state index contributed by atoms with van der Waals surface area (Å²) in [4.78, 5) is 1.41. The second-order valence-electron chi connectivity index (χ2n) is 3.91. The first-order chi connectivity index (χ1) is 9.00. The molecule has 1 aromatic carbocycles. The molecule has 0 saturated carbocycles. The molecule has 20 heavy (non-hydrogen) atoms. The molecule has 0 N–H and O–H groups in total. The predicted octanol–water partition coefficient (Wildman–Crippen LogP) is 4.85. The Hall–Kier alpha value is -0.0261. The number of hydrogen-bond acceptors (Lipinski definition) is 1. The maximum absolute atomic E-state index is 12.7. The largest absolute Gasteiger partial charge is 0.369 e. The van der Waals surface area contributed by atoms with Crippen LogP contribution in [0.2, 0.25) is 5.02 Å². The van der Waals surface area contributed by atoms with Crippen molar-refractivity contribution < 1.29 is 41.5 Å². The molecule has 1 aliphatic heterocycles. The summed E-state index contributed by atoms with van der Waals surface area (Å²) in [6.07, 6.45) is 2.15. The molecule has 1 aromatic rings. The Bertz CT molecular complexity index is 572. The van der Waals surface area contributed by atoms with Gasteiger partial charge in [-0.15, -0.1) is 22.0 Å². The molecule has 1 aliphatic rings. The Morgan fingerprint density at radius 3 is 2.60 bits per heavy atom. The number of allylic oxidation sites excluding steroid dienone is 3. The second kappa shape index (κ2) is 7.83. The van der Waals surface area contributed by atoms with E-state index in [1.807, 2.05) is 0 Å². The Balaban J connectivity index is 0.00000200. The van der Waals surface area contributed by atoms with E-state index in [-0.39, 0.29) is 32.7 Å². The SMILES string of the molecule is C=C1C(Br)=C[C-]=C(c2ccccc2Cl)N1CC(F)F.[Y]. The molecular weight excluding hydrogens is 424 g/mol. The predicted molar refractivity (Wildman–Crippen MR) is 77.0 cm³/mol. The summed E-state index contributed by atoms with van der Waals surface area (Å²) in [6.45, 7) is 3.36. The molecule has 103 valence electrons. The van der Waals surface area contributed by atoms with E-state index in [1.54, 1.807) is 30.3 Å². The van der Waals surface area contributed by atoms with Gasteiger partial charge in [-0.2, -0.15) is 12.2 Å². The minimum absolute atomic E-state index is 0. The molecule has 0 atom stereocenters. The quantitative estimate of drug-likeness (QED) is 0.615. The summed E-state index contributed by atoms with van der Waals surface area (Å²) >= 11 is 9.38. The van der Waals surface area contributed by atoms with Gasteiger partial charge in [0.1, 0.15) is 0 Å². The van der Waals surface area contributed by atoms with Crippen LogP contribution in [0.4, 0.5) is 8.78 Å². The van der Waals surface area contributed by atoms with Crippen LogP contribution in [0.15, 0.2) is 47.1 Å². The van der Waals surface area contributed by atoms with E-state index in [9.17, 15) is 8.78 Å².